The van der Waals surface area contributed by atoms with Crippen molar-refractivity contribution in [1.29, 1.82) is 0 Å². The summed E-state index contributed by atoms with van der Waals surface area (Å²) in [4.78, 5) is 0.171. The number of rotatable bonds is 6. The Hall–Kier alpha value is -2.08. The summed E-state index contributed by atoms with van der Waals surface area (Å²) in [7, 11) is -7.89. The van der Waals surface area contributed by atoms with Gasteiger partial charge in [-0.05, 0) is 52.0 Å². The predicted octanol–water partition coefficient (Wildman–Crippen LogP) is 2.39. The molecule has 0 spiro atoms. The monoisotopic (exact) mass is 492 g/mol. The molecular weight excluding hydrogens is 464 g/mol. The van der Waals surface area contributed by atoms with Crippen LogP contribution in [0.1, 0.15) is 25.0 Å². The molecule has 0 amide bonds. The Morgan fingerprint density at radius 1 is 0.727 bits per heavy atom. The average molecular weight is 493 g/mol. The van der Waals surface area contributed by atoms with E-state index in [0.29, 0.717) is 0 Å². The van der Waals surface area contributed by atoms with E-state index in [4.69, 9.17) is 9.47 Å². The number of nitrogens with one attached hydrogen (secondary N) is 2. The lowest BCUT2D eigenvalue weighted by atomic mass is 9.93. The fourth-order valence-corrected chi connectivity index (χ4v) is 6.46. The molecule has 1 heterocycles. The lowest BCUT2D eigenvalue weighted by Gasteiger charge is -2.35. The van der Waals surface area contributed by atoms with Gasteiger partial charge in [-0.15, -0.1) is 0 Å². The second-order valence-corrected chi connectivity index (χ2v) is 12.3. The highest BCUT2D eigenvalue weighted by atomic mass is 32.2. The summed E-state index contributed by atoms with van der Waals surface area (Å²) in [6.45, 7) is 7.19. The van der Waals surface area contributed by atoms with Crippen LogP contribution in [0.25, 0.3) is 0 Å². The normalized spacial score (nSPS) is 26.8. The van der Waals surface area contributed by atoms with Gasteiger partial charge in [0.15, 0.2) is 5.79 Å². The fourth-order valence-electron chi connectivity index (χ4n) is 3.98. The quantitative estimate of drug-likeness (QED) is 0.599. The summed E-state index contributed by atoms with van der Waals surface area (Å²) in [5.41, 5.74) is 1.85. The van der Waals surface area contributed by atoms with Crippen LogP contribution < -0.4 is 9.44 Å². The van der Waals surface area contributed by atoms with Crippen LogP contribution in [0.15, 0.2) is 70.5 Å². The van der Waals surface area contributed by atoms with Gasteiger partial charge in [-0.1, -0.05) is 47.5 Å². The van der Waals surface area contributed by atoms with Gasteiger partial charge in [0.05, 0.1) is 21.9 Å². The summed E-state index contributed by atoms with van der Waals surface area (Å²) in [5, 5.41) is 0. The van der Waals surface area contributed by atoms with Crippen LogP contribution in [-0.2, 0) is 29.5 Å². The molecule has 2 aliphatic rings. The second kappa shape index (κ2) is 8.61. The first kappa shape index (κ1) is 24.1. The van der Waals surface area contributed by atoms with Gasteiger partial charge in [-0.25, -0.2) is 26.3 Å². The first-order valence-electron chi connectivity index (χ1n) is 10.6. The van der Waals surface area contributed by atoms with E-state index in [1.54, 1.807) is 50.3 Å². The minimum absolute atomic E-state index is 0.0810. The molecule has 178 valence electrons. The topological polar surface area (TPSA) is 111 Å². The molecule has 0 radical (unpaired) electrons. The van der Waals surface area contributed by atoms with Gasteiger partial charge < -0.3 is 9.47 Å². The molecule has 1 aliphatic carbocycles. The van der Waals surface area contributed by atoms with Gasteiger partial charge in [0.2, 0.25) is 20.0 Å². The molecule has 0 aromatic heterocycles. The third-order valence-electron chi connectivity index (χ3n) is 5.66. The van der Waals surface area contributed by atoms with Crippen molar-refractivity contribution in [1.82, 2.24) is 9.44 Å². The first-order chi connectivity index (χ1) is 15.4. The van der Waals surface area contributed by atoms with Gasteiger partial charge in [0.1, 0.15) is 12.2 Å². The summed E-state index contributed by atoms with van der Waals surface area (Å²) >= 11 is 0. The number of sulfonamides is 2. The first-order valence-corrected chi connectivity index (χ1v) is 13.5. The molecule has 1 fully saturated rings. The molecule has 1 saturated heterocycles. The SMILES string of the molecule is Cc1ccc(S(=O)(=O)N[C@H]2[C@@H]3OC(C)(C)O[C@@H]3C=C[C@@H]2NS(=O)(=O)c2ccc(C)cc2)cc1. The van der Waals surface area contributed by atoms with Crippen molar-refractivity contribution in [3.8, 4) is 0 Å². The Bertz CT molecular complexity index is 1250. The van der Waals surface area contributed by atoms with Crippen molar-refractivity contribution < 1.29 is 26.3 Å². The zero-order chi connectivity index (χ0) is 24.0. The fraction of sp³-hybridized carbons (Fsp3) is 0.391. The Balaban J connectivity index is 1.67. The molecule has 0 bridgehead atoms. The van der Waals surface area contributed by atoms with Crippen molar-refractivity contribution in [2.45, 2.75) is 67.6 Å². The molecular formula is C23H28N2O6S2. The number of hydrogen-bond donors (Lipinski definition) is 2. The molecule has 10 heteroatoms. The molecule has 2 aromatic carbocycles. The van der Waals surface area contributed by atoms with E-state index in [1.165, 1.54) is 24.3 Å². The summed E-state index contributed by atoms with van der Waals surface area (Å²) in [6, 6.07) is 11.0. The lowest BCUT2D eigenvalue weighted by molar-refractivity contribution is -0.144. The number of aryl methyl sites for hydroxylation is 2. The van der Waals surface area contributed by atoms with Crippen LogP contribution >= 0.6 is 0 Å². The Kier molecular flexibility index (Phi) is 6.27. The van der Waals surface area contributed by atoms with Crippen LogP contribution in [0, 0.1) is 13.8 Å². The maximum Gasteiger partial charge on any atom is 0.241 e. The number of fused-ring (bicyclic) bond motifs is 1. The van der Waals surface area contributed by atoms with Crippen molar-refractivity contribution >= 4 is 20.0 Å². The van der Waals surface area contributed by atoms with Crippen molar-refractivity contribution in [3.05, 3.63) is 71.8 Å². The van der Waals surface area contributed by atoms with Crippen LogP contribution in [0.3, 0.4) is 0 Å². The van der Waals surface area contributed by atoms with Crippen molar-refractivity contribution in [2.24, 2.45) is 0 Å². The van der Waals surface area contributed by atoms with Crippen LogP contribution in [0.5, 0.6) is 0 Å². The standard InChI is InChI=1S/C23H28N2O6S2/c1-15-5-9-17(10-6-15)32(26,27)24-19-13-14-20-22(31-23(3,4)30-20)21(19)25-33(28,29)18-11-7-16(2)8-12-18/h5-14,19-22,24-25H,1-4H3/t19-,20+,21+,22+/m0/s1. The second-order valence-electron chi connectivity index (χ2n) is 8.87. The third kappa shape index (κ3) is 5.21. The number of hydrogen-bond acceptors (Lipinski definition) is 6. The van der Waals surface area contributed by atoms with Crippen molar-refractivity contribution in [3.63, 3.8) is 0 Å². The highest BCUT2D eigenvalue weighted by Crippen LogP contribution is 2.35. The predicted molar refractivity (Wildman–Crippen MR) is 124 cm³/mol. The van der Waals surface area contributed by atoms with E-state index in [9.17, 15) is 16.8 Å². The summed E-state index contributed by atoms with van der Waals surface area (Å²) in [6.07, 6.45) is 2.07. The van der Waals surface area contributed by atoms with Gasteiger partial charge in [0, 0.05) is 0 Å². The molecule has 33 heavy (non-hydrogen) atoms. The van der Waals surface area contributed by atoms with Gasteiger partial charge in [-0.2, -0.15) is 0 Å². The van der Waals surface area contributed by atoms with E-state index in [2.05, 4.69) is 9.44 Å². The molecule has 0 unspecified atom stereocenters. The van der Waals surface area contributed by atoms with Gasteiger partial charge in [-0.3, -0.25) is 0 Å². The molecule has 2 aromatic rings. The largest absolute Gasteiger partial charge is 0.342 e. The summed E-state index contributed by atoms with van der Waals surface area (Å²) < 4.78 is 69.6. The highest BCUT2D eigenvalue weighted by Gasteiger charge is 2.50. The summed E-state index contributed by atoms with van der Waals surface area (Å²) in [5.74, 6) is -0.946. The smallest absolute Gasteiger partial charge is 0.241 e. The van der Waals surface area contributed by atoms with Crippen LogP contribution in [0.2, 0.25) is 0 Å². The molecule has 1 aliphatic heterocycles. The van der Waals surface area contributed by atoms with E-state index >= 15 is 0 Å². The number of ether oxygens (including phenoxy) is 2. The zero-order valence-electron chi connectivity index (χ0n) is 18.8. The maximum atomic E-state index is 13.2. The lowest BCUT2D eigenvalue weighted by Crippen LogP contribution is -2.60. The minimum Gasteiger partial charge on any atom is -0.342 e. The van der Waals surface area contributed by atoms with E-state index in [-0.39, 0.29) is 9.79 Å². The van der Waals surface area contributed by atoms with Crippen LogP contribution in [-0.4, -0.2) is 46.9 Å². The Labute approximate surface area is 195 Å². The highest BCUT2D eigenvalue weighted by molar-refractivity contribution is 7.90. The molecule has 4 rings (SSSR count). The van der Waals surface area contributed by atoms with Gasteiger partial charge in [0.25, 0.3) is 0 Å². The van der Waals surface area contributed by atoms with E-state index < -0.39 is 50.1 Å². The van der Waals surface area contributed by atoms with Crippen molar-refractivity contribution in [2.75, 3.05) is 0 Å². The molecule has 2 N–H and O–H groups in total. The van der Waals surface area contributed by atoms with E-state index in [0.717, 1.165) is 11.1 Å². The Morgan fingerprint density at radius 2 is 1.21 bits per heavy atom. The van der Waals surface area contributed by atoms with E-state index in [1.807, 2.05) is 13.8 Å². The molecule has 0 saturated carbocycles. The Morgan fingerprint density at radius 3 is 1.73 bits per heavy atom. The zero-order valence-corrected chi connectivity index (χ0v) is 20.5. The third-order valence-corrected chi connectivity index (χ3v) is 8.61. The minimum atomic E-state index is -3.97. The van der Waals surface area contributed by atoms with Gasteiger partial charge >= 0.3 is 0 Å². The number of benzene rings is 2. The van der Waals surface area contributed by atoms with Crippen LogP contribution in [0.4, 0.5) is 0 Å². The maximum absolute atomic E-state index is 13.2. The molecule has 4 atom stereocenters. The molecule has 8 nitrogen and oxygen atoms in total. The average Bonchev–Trinajstić information content (AvgIpc) is 3.05.